The van der Waals surface area contributed by atoms with E-state index in [2.05, 4.69) is 12.2 Å². The summed E-state index contributed by atoms with van der Waals surface area (Å²) in [6.07, 6.45) is -0.253. The Morgan fingerprint density at radius 1 is 1.18 bits per heavy atom. The number of halogens is 1. The first-order chi connectivity index (χ1) is 8.08. The molecule has 3 nitrogen and oxygen atoms in total. The van der Waals surface area contributed by atoms with Crippen LogP contribution in [0.5, 0.6) is 0 Å². The Kier molecular flexibility index (Phi) is 5.92. The smallest absolute Gasteiger partial charge is 0.171 e. The molecule has 0 aliphatic carbocycles. The third-order valence-electron chi connectivity index (χ3n) is 2.73. The van der Waals surface area contributed by atoms with Crippen molar-refractivity contribution in [3.8, 4) is 0 Å². The van der Waals surface area contributed by atoms with Crippen LogP contribution in [0.4, 0.5) is 0 Å². The first kappa shape index (κ1) is 14.5. The van der Waals surface area contributed by atoms with Crippen molar-refractivity contribution in [2.75, 3.05) is 14.2 Å². The summed E-state index contributed by atoms with van der Waals surface area (Å²) in [6, 6.07) is 8.11. The molecule has 0 fully saturated rings. The van der Waals surface area contributed by atoms with Gasteiger partial charge in [0.15, 0.2) is 6.29 Å². The van der Waals surface area contributed by atoms with Crippen molar-refractivity contribution in [1.29, 1.82) is 0 Å². The molecule has 1 unspecified atom stereocenters. The fraction of sp³-hybridized carbons (Fsp3) is 0.538. The van der Waals surface area contributed by atoms with Crippen molar-refractivity contribution in [2.24, 2.45) is 0 Å². The highest BCUT2D eigenvalue weighted by atomic mass is 35.5. The lowest BCUT2D eigenvalue weighted by molar-refractivity contribution is -0.120. The van der Waals surface area contributed by atoms with Gasteiger partial charge in [0.05, 0.1) is 6.04 Å². The predicted molar refractivity (Wildman–Crippen MR) is 70.3 cm³/mol. The molecule has 0 aliphatic heterocycles. The van der Waals surface area contributed by atoms with Crippen LogP contribution in [-0.2, 0) is 9.47 Å². The van der Waals surface area contributed by atoms with Gasteiger partial charge in [-0.2, -0.15) is 0 Å². The van der Waals surface area contributed by atoms with Gasteiger partial charge in [-0.15, -0.1) is 0 Å². The van der Waals surface area contributed by atoms with Gasteiger partial charge in [0, 0.05) is 25.3 Å². The molecule has 2 atom stereocenters. The van der Waals surface area contributed by atoms with E-state index in [1.165, 1.54) is 0 Å². The summed E-state index contributed by atoms with van der Waals surface area (Å²) < 4.78 is 10.4. The highest BCUT2D eigenvalue weighted by molar-refractivity contribution is 6.30. The van der Waals surface area contributed by atoms with Crippen molar-refractivity contribution >= 4 is 11.6 Å². The second-order valence-electron chi connectivity index (χ2n) is 4.07. The third-order valence-corrected chi connectivity index (χ3v) is 2.97. The Bertz CT molecular complexity index is 342. The van der Waals surface area contributed by atoms with E-state index >= 15 is 0 Å². The maximum atomic E-state index is 5.97. The maximum Gasteiger partial charge on any atom is 0.171 e. The summed E-state index contributed by atoms with van der Waals surface area (Å²) in [5.74, 6) is 0. The quantitative estimate of drug-likeness (QED) is 0.795. The molecule has 1 aromatic carbocycles. The zero-order valence-corrected chi connectivity index (χ0v) is 11.5. The van der Waals surface area contributed by atoms with Gasteiger partial charge in [0.25, 0.3) is 0 Å². The summed E-state index contributed by atoms with van der Waals surface area (Å²) >= 11 is 5.97. The van der Waals surface area contributed by atoms with E-state index in [0.29, 0.717) is 0 Å². The van der Waals surface area contributed by atoms with E-state index in [1.54, 1.807) is 14.2 Å². The Morgan fingerprint density at radius 2 is 1.82 bits per heavy atom. The molecule has 0 amide bonds. The summed E-state index contributed by atoms with van der Waals surface area (Å²) in [5.41, 5.74) is 1.15. The number of hydrogen-bond donors (Lipinski definition) is 1. The molecule has 0 spiro atoms. The van der Waals surface area contributed by atoms with Gasteiger partial charge in [0.2, 0.25) is 0 Å². The van der Waals surface area contributed by atoms with Gasteiger partial charge in [-0.3, -0.25) is 0 Å². The predicted octanol–water partition coefficient (Wildman–Crippen LogP) is 3.00. The molecular weight excluding hydrogens is 238 g/mol. The summed E-state index contributed by atoms with van der Waals surface area (Å²) in [7, 11) is 3.27. The van der Waals surface area contributed by atoms with Gasteiger partial charge in [0.1, 0.15) is 0 Å². The average Bonchev–Trinajstić information content (AvgIpc) is 2.30. The first-order valence-corrected chi connectivity index (χ1v) is 6.03. The van der Waals surface area contributed by atoms with Crippen molar-refractivity contribution in [1.82, 2.24) is 5.32 Å². The Hall–Kier alpha value is -0.610. The van der Waals surface area contributed by atoms with Crippen LogP contribution < -0.4 is 5.32 Å². The lowest BCUT2D eigenvalue weighted by atomic mass is 10.1. The fourth-order valence-corrected chi connectivity index (χ4v) is 2.05. The number of methoxy groups -OCH3 is 2. The van der Waals surface area contributed by atoms with Crippen LogP contribution in [-0.4, -0.2) is 26.6 Å². The van der Waals surface area contributed by atoms with Crippen LogP contribution in [0.1, 0.15) is 25.5 Å². The van der Waals surface area contributed by atoms with Crippen molar-refractivity contribution in [2.45, 2.75) is 32.2 Å². The number of hydrogen-bond acceptors (Lipinski definition) is 3. The van der Waals surface area contributed by atoms with E-state index in [-0.39, 0.29) is 18.4 Å². The summed E-state index contributed by atoms with van der Waals surface area (Å²) in [4.78, 5) is 0. The number of benzene rings is 1. The Labute approximate surface area is 108 Å². The monoisotopic (exact) mass is 257 g/mol. The van der Waals surface area contributed by atoms with Gasteiger partial charge in [-0.05, 0) is 31.5 Å². The second-order valence-corrected chi connectivity index (χ2v) is 4.51. The number of nitrogens with one attached hydrogen (secondary N) is 1. The highest BCUT2D eigenvalue weighted by Crippen LogP contribution is 2.18. The molecule has 0 aliphatic rings. The molecule has 1 aromatic rings. The minimum atomic E-state index is -0.253. The van der Waals surface area contributed by atoms with Crippen LogP contribution in [0.15, 0.2) is 24.3 Å². The molecule has 0 saturated carbocycles. The SMILES string of the molecule is COC(OC)C(C)N[C@@H](C)c1cccc(Cl)c1. The molecule has 1 rings (SSSR count). The molecule has 0 heterocycles. The lowest BCUT2D eigenvalue weighted by Gasteiger charge is -2.26. The minimum absolute atomic E-state index is 0.0963. The standard InChI is InChI=1S/C13H20ClNO2/c1-9(11-6-5-7-12(14)8-11)15-10(2)13(16-3)17-4/h5-10,13,15H,1-4H3/t9-,10?/m0/s1. The van der Waals surface area contributed by atoms with Gasteiger partial charge in [-0.25, -0.2) is 0 Å². The number of rotatable bonds is 6. The second kappa shape index (κ2) is 6.97. The zero-order valence-electron chi connectivity index (χ0n) is 10.7. The minimum Gasteiger partial charge on any atom is -0.354 e. The molecule has 4 heteroatoms. The molecule has 0 saturated heterocycles. The fourth-order valence-electron chi connectivity index (χ4n) is 1.85. The van der Waals surface area contributed by atoms with Gasteiger partial charge >= 0.3 is 0 Å². The van der Waals surface area contributed by atoms with Crippen LogP contribution in [0.3, 0.4) is 0 Å². The van der Waals surface area contributed by atoms with Crippen molar-refractivity contribution in [3.63, 3.8) is 0 Å². The molecule has 17 heavy (non-hydrogen) atoms. The molecule has 0 bridgehead atoms. The third kappa shape index (κ3) is 4.28. The van der Waals surface area contributed by atoms with Crippen LogP contribution in [0.25, 0.3) is 0 Å². The van der Waals surface area contributed by atoms with E-state index in [4.69, 9.17) is 21.1 Å². The first-order valence-electron chi connectivity index (χ1n) is 5.65. The zero-order chi connectivity index (χ0) is 12.8. The number of ether oxygens (including phenoxy) is 2. The lowest BCUT2D eigenvalue weighted by Crippen LogP contribution is -2.40. The van der Waals surface area contributed by atoms with Crippen LogP contribution in [0.2, 0.25) is 5.02 Å². The summed E-state index contributed by atoms with van der Waals surface area (Å²) in [6.45, 7) is 4.11. The molecule has 1 N–H and O–H groups in total. The topological polar surface area (TPSA) is 30.5 Å². The maximum absolute atomic E-state index is 5.97. The Morgan fingerprint density at radius 3 is 2.35 bits per heavy atom. The van der Waals surface area contributed by atoms with Gasteiger partial charge in [-0.1, -0.05) is 23.7 Å². The van der Waals surface area contributed by atoms with Crippen molar-refractivity contribution in [3.05, 3.63) is 34.9 Å². The van der Waals surface area contributed by atoms with Crippen molar-refractivity contribution < 1.29 is 9.47 Å². The molecular formula is C13H20ClNO2. The van der Waals surface area contributed by atoms with E-state index < -0.39 is 0 Å². The molecule has 0 aromatic heterocycles. The van der Waals surface area contributed by atoms with Crippen LogP contribution in [0, 0.1) is 0 Å². The Balaban J connectivity index is 2.62. The van der Waals surface area contributed by atoms with E-state index in [9.17, 15) is 0 Å². The van der Waals surface area contributed by atoms with E-state index in [0.717, 1.165) is 10.6 Å². The van der Waals surface area contributed by atoms with Gasteiger partial charge < -0.3 is 14.8 Å². The molecule has 0 radical (unpaired) electrons. The highest BCUT2D eigenvalue weighted by Gasteiger charge is 2.18. The normalized spacial score (nSPS) is 14.9. The van der Waals surface area contributed by atoms with Crippen LogP contribution >= 0.6 is 11.6 Å². The largest absolute Gasteiger partial charge is 0.354 e. The average molecular weight is 258 g/mol. The molecule has 96 valence electrons. The summed E-state index contributed by atoms with van der Waals surface area (Å²) in [5, 5.41) is 4.17. The van der Waals surface area contributed by atoms with E-state index in [1.807, 2.05) is 31.2 Å².